The van der Waals surface area contributed by atoms with Crippen molar-refractivity contribution in [2.75, 3.05) is 11.9 Å². The standard InChI is InChI=1S/C22H20IN3O2/c1-15-20-7-4-12-25(20)13-14-26(15)22(28)16-8-10-17(11-9-16)24-21(27)18-5-2-3-6-19(18)23/h2-12,15H,13-14H2,1H3,(H,24,27). The lowest BCUT2D eigenvalue weighted by atomic mass is 10.1. The van der Waals surface area contributed by atoms with Crippen LogP contribution in [0.4, 0.5) is 5.69 Å². The van der Waals surface area contributed by atoms with Crippen LogP contribution >= 0.6 is 22.6 Å². The summed E-state index contributed by atoms with van der Waals surface area (Å²) in [4.78, 5) is 27.3. The number of fused-ring (bicyclic) bond motifs is 1. The summed E-state index contributed by atoms with van der Waals surface area (Å²) in [5.74, 6) is -0.148. The number of carbonyl (C=O) groups is 2. The molecular weight excluding hydrogens is 465 g/mol. The highest BCUT2D eigenvalue weighted by Crippen LogP contribution is 2.27. The lowest BCUT2D eigenvalue weighted by molar-refractivity contribution is 0.0644. The third kappa shape index (κ3) is 3.56. The molecule has 1 atom stereocenters. The average Bonchev–Trinajstić information content (AvgIpc) is 3.18. The van der Waals surface area contributed by atoms with Gasteiger partial charge in [-0.3, -0.25) is 9.59 Å². The number of hydrogen-bond acceptors (Lipinski definition) is 2. The van der Waals surface area contributed by atoms with E-state index in [9.17, 15) is 9.59 Å². The number of amides is 2. The Labute approximate surface area is 177 Å². The van der Waals surface area contributed by atoms with Crippen LogP contribution < -0.4 is 5.32 Å². The number of aromatic nitrogens is 1. The van der Waals surface area contributed by atoms with Crippen LogP contribution in [0.5, 0.6) is 0 Å². The number of nitrogens with zero attached hydrogens (tertiary/aromatic N) is 2. The van der Waals surface area contributed by atoms with Gasteiger partial charge in [-0.1, -0.05) is 12.1 Å². The van der Waals surface area contributed by atoms with Gasteiger partial charge in [0.05, 0.1) is 11.6 Å². The predicted molar refractivity (Wildman–Crippen MR) is 117 cm³/mol. The first-order chi connectivity index (χ1) is 13.5. The number of anilines is 1. The van der Waals surface area contributed by atoms with Crippen molar-refractivity contribution in [3.63, 3.8) is 0 Å². The predicted octanol–water partition coefficient (Wildman–Crippen LogP) is 4.56. The average molecular weight is 485 g/mol. The molecule has 0 radical (unpaired) electrons. The highest BCUT2D eigenvalue weighted by Gasteiger charge is 2.28. The van der Waals surface area contributed by atoms with Crippen LogP contribution in [0.3, 0.4) is 0 Å². The van der Waals surface area contributed by atoms with E-state index < -0.39 is 0 Å². The van der Waals surface area contributed by atoms with Crippen LogP contribution in [0.25, 0.3) is 0 Å². The number of halogens is 1. The minimum atomic E-state index is -0.158. The van der Waals surface area contributed by atoms with Crippen molar-refractivity contribution in [2.24, 2.45) is 0 Å². The highest BCUT2D eigenvalue weighted by molar-refractivity contribution is 14.1. The molecule has 0 fully saturated rings. The molecule has 3 aromatic rings. The van der Waals surface area contributed by atoms with Crippen LogP contribution in [0.2, 0.25) is 0 Å². The van der Waals surface area contributed by atoms with Gasteiger partial charge in [0.2, 0.25) is 0 Å². The second-order valence-corrected chi connectivity index (χ2v) is 7.97. The SMILES string of the molecule is CC1c2cccn2CCN1C(=O)c1ccc(NC(=O)c2ccccc2I)cc1. The zero-order chi connectivity index (χ0) is 19.7. The Morgan fingerprint density at radius 3 is 2.50 bits per heavy atom. The maximum atomic E-state index is 13.0. The van der Waals surface area contributed by atoms with Crippen molar-refractivity contribution < 1.29 is 9.59 Å². The summed E-state index contributed by atoms with van der Waals surface area (Å²) in [6, 6.07) is 18.6. The molecular formula is C22H20IN3O2. The van der Waals surface area contributed by atoms with Crippen molar-refractivity contribution in [3.05, 3.63) is 87.3 Å². The summed E-state index contributed by atoms with van der Waals surface area (Å²) in [5, 5.41) is 2.89. The Hall–Kier alpha value is -2.61. The van der Waals surface area contributed by atoms with E-state index in [4.69, 9.17) is 0 Å². The summed E-state index contributed by atoms with van der Waals surface area (Å²) < 4.78 is 3.09. The zero-order valence-electron chi connectivity index (χ0n) is 15.4. The fourth-order valence-corrected chi connectivity index (χ4v) is 4.19. The Balaban J connectivity index is 1.47. The van der Waals surface area contributed by atoms with E-state index in [1.807, 2.05) is 29.2 Å². The lowest BCUT2D eigenvalue weighted by Gasteiger charge is -2.35. The molecule has 2 heterocycles. The fraction of sp³-hybridized carbons (Fsp3) is 0.182. The van der Waals surface area contributed by atoms with Gasteiger partial charge in [-0.15, -0.1) is 0 Å². The first-order valence-electron chi connectivity index (χ1n) is 9.16. The third-order valence-corrected chi connectivity index (χ3v) is 6.05. The highest BCUT2D eigenvalue weighted by atomic mass is 127. The van der Waals surface area contributed by atoms with Gasteiger partial charge in [0, 0.05) is 39.8 Å². The van der Waals surface area contributed by atoms with Crippen molar-refractivity contribution >= 4 is 40.1 Å². The van der Waals surface area contributed by atoms with Gasteiger partial charge in [0.25, 0.3) is 11.8 Å². The molecule has 2 aromatic carbocycles. The molecule has 5 nitrogen and oxygen atoms in total. The molecule has 1 aliphatic rings. The maximum Gasteiger partial charge on any atom is 0.256 e. The van der Waals surface area contributed by atoms with Crippen LogP contribution in [0.15, 0.2) is 66.9 Å². The van der Waals surface area contributed by atoms with Gasteiger partial charge >= 0.3 is 0 Å². The topological polar surface area (TPSA) is 54.3 Å². The number of benzene rings is 2. The molecule has 0 bridgehead atoms. The molecule has 6 heteroatoms. The third-order valence-electron chi connectivity index (χ3n) is 5.11. The molecule has 4 rings (SSSR count). The van der Waals surface area contributed by atoms with E-state index >= 15 is 0 Å². The number of nitrogens with one attached hydrogen (secondary N) is 1. The molecule has 0 aliphatic carbocycles. The molecule has 0 saturated heterocycles. The molecule has 2 amide bonds. The second-order valence-electron chi connectivity index (χ2n) is 6.81. The lowest BCUT2D eigenvalue weighted by Crippen LogP contribution is -2.40. The largest absolute Gasteiger partial charge is 0.348 e. The molecule has 1 aliphatic heterocycles. The normalized spacial score (nSPS) is 15.8. The summed E-state index contributed by atoms with van der Waals surface area (Å²) in [6.07, 6.45) is 2.05. The van der Waals surface area contributed by atoms with E-state index in [1.165, 1.54) is 0 Å². The van der Waals surface area contributed by atoms with E-state index in [0.29, 0.717) is 23.4 Å². The molecule has 0 spiro atoms. The maximum absolute atomic E-state index is 13.0. The summed E-state index contributed by atoms with van der Waals surface area (Å²) in [5.41, 5.74) is 3.08. The molecule has 0 saturated carbocycles. The Kier molecular flexibility index (Phi) is 5.21. The summed E-state index contributed by atoms with van der Waals surface area (Å²) in [7, 11) is 0. The van der Waals surface area contributed by atoms with E-state index in [2.05, 4.69) is 51.7 Å². The smallest absolute Gasteiger partial charge is 0.256 e. The van der Waals surface area contributed by atoms with Crippen LogP contribution in [0, 0.1) is 3.57 Å². The van der Waals surface area contributed by atoms with E-state index in [1.54, 1.807) is 30.3 Å². The van der Waals surface area contributed by atoms with Crippen molar-refractivity contribution in [1.82, 2.24) is 9.47 Å². The van der Waals surface area contributed by atoms with E-state index in [0.717, 1.165) is 15.8 Å². The van der Waals surface area contributed by atoms with Crippen LogP contribution in [-0.4, -0.2) is 27.8 Å². The molecule has 1 unspecified atom stereocenters. The number of hydrogen-bond donors (Lipinski definition) is 1. The van der Waals surface area contributed by atoms with E-state index in [-0.39, 0.29) is 17.9 Å². The van der Waals surface area contributed by atoms with Gasteiger partial charge in [-0.05, 0) is 78.0 Å². The minimum Gasteiger partial charge on any atom is -0.348 e. The van der Waals surface area contributed by atoms with Gasteiger partial charge in [0.15, 0.2) is 0 Å². The molecule has 142 valence electrons. The molecule has 28 heavy (non-hydrogen) atoms. The number of rotatable bonds is 3. The zero-order valence-corrected chi connectivity index (χ0v) is 17.6. The Bertz CT molecular complexity index is 1030. The second kappa shape index (κ2) is 7.79. The first-order valence-corrected chi connectivity index (χ1v) is 10.2. The first kappa shape index (κ1) is 18.7. The summed E-state index contributed by atoms with van der Waals surface area (Å²) in [6.45, 7) is 3.55. The molecule has 1 aromatic heterocycles. The Morgan fingerprint density at radius 1 is 1.00 bits per heavy atom. The van der Waals surface area contributed by atoms with Crippen LogP contribution in [-0.2, 0) is 6.54 Å². The number of carbonyl (C=O) groups excluding carboxylic acids is 2. The molecule has 1 N–H and O–H groups in total. The van der Waals surface area contributed by atoms with Crippen molar-refractivity contribution in [2.45, 2.75) is 19.5 Å². The Morgan fingerprint density at radius 2 is 1.75 bits per heavy atom. The minimum absolute atomic E-state index is 0.00966. The van der Waals surface area contributed by atoms with Gasteiger partial charge in [-0.2, -0.15) is 0 Å². The van der Waals surface area contributed by atoms with Gasteiger partial charge < -0.3 is 14.8 Å². The fourth-order valence-electron chi connectivity index (χ4n) is 3.56. The van der Waals surface area contributed by atoms with Crippen LogP contribution in [0.1, 0.15) is 39.4 Å². The summed E-state index contributed by atoms with van der Waals surface area (Å²) >= 11 is 2.15. The van der Waals surface area contributed by atoms with Gasteiger partial charge in [0.1, 0.15) is 0 Å². The van der Waals surface area contributed by atoms with Crippen molar-refractivity contribution in [3.8, 4) is 0 Å². The monoisotopic (exact) mass is 485 g/mol. The quantitative estimate of drug-likeness (QED) is 0.554. The van der Waals surface area contributed by atoms with Gasteiger partial charge in [-0.25, -0.2) is 0 Å². The van der Waals surface area contributed by atoms with Crippen molar-refractivity contribution in [1.29, 1.82) is 0 Å².